The Hall–Kier alpha value is -1.15. The first-order valence-corrected chi connectivity index (χ1v) is 5.98. The molecule has 96 valence electrons. The third-order valence-electron chi connectivity index (χ3n) is 2.68. The molecule has 0 aromatic carbocycles. The van der Waals surface area contributed by atoms with Gasteiger partial charge in [-0.3, -0.25) is 4.79 Å². The summed E-state index contributed by atoms with van der Waals surface area (Å²) in [5, 5.41) is 9.71. The summed E-state index contributed by atoms with van der Waals surface area (Å²) in [6.45, 7) is 11.1. The number of hydrogen-bond acceptors (Lipinski definition) is 2. The van der Waals surface area contributed by atoms with Gasteiger partial charge in [0, 0.05) is 6.42 Å². The van der Waals surface area contributed by atoms with E-state index in [0.717, 1.165) is 11.1 Å². The fourth-order valence-corrected chi connectivity index (χ4v) is 1.25. The monoisotopic (exact) mass is 236 g/mol. The van der Waals surface area contributed by atoms with Crippen LogP contribution in [0.2, 0.25) is 0 Å². The lowest BCUT2D eigenvalue weighted by atomic mass is 9.99. The first-order valence-electron chi connectivity index (χ1n) is 5.98. The average molecular weight is 236 g/mol. The Morgan fingerprint density at radius 3 is 2.35 bits per heavy atom. The molecule has 0 aliphatic carbocycles. The number of allylic oxidation sites excluding steroid dienone is 4. The van der Waals surface area contributed by atoms with Crippen LogP contribution < -0.4 is 0 Å². The van der Waals surface area contributed by atoms with E-state index in [0.29, 0.717) is 19.3 Å². The zero-order chi connectivity index (χ0) is 13.5. The number of carbonyl (C=O) groups excluding carboxylic acids is 1. The Morgan fingerprint density at radius 1 is 1.29 bits per heavy atom. The van der Waals surface area contributed by atoms with E-state index in [1.165, 1.54) is 6.08 Å². The summed E-state index contributed by atoms with van der Waals surface area (Å²) in [6, 6.07) is 0. The van der Waals surface area contributed by atoms with Gasteiger partial charge in [0.05, 0.1) is 5.60 Å². The Balaban J connectivity index is 4.22. The van der Waals surface area contributed by atoms with Gasteiger partial charge in [-0.15, -0.1) is 6.58 Å². The molecule has 0 saturated heterocycles. The van der Waals surface area contributed by atoms with Crippen molar-refractivity contribution in [2.45, 2.75) is 52.6 Å². The molecule has 0 aromatic rings. The summed E-state index contributed by atoms with van der Waals surface area (Å²) >= 11 is 0. The van der Waals surface area contributed by atoms with E-state index in [1.807, 2.05) is 32.9 Å². The van der Waals surface area contributed by atoms with Gasteiger partial charge in [0.25, 0.3) is 0 Å². The molecule has 0 aliphatic heterocycles. The van der Waals surface area contributed by atoms with E-state index < -0.39 is 5.60 Å². The fourth-order valence-electron chi connectivity index (χ4n) is 1.25. The SMILES string of the molecule is C=CC(C)(O)CCC=C(C)C(=O)CC=C(C)C. The molecule has 0 amide bonds. The van der Waals surface area contributed by atoms with Crippen LogP contribution >= 0.6 is 0 Å². The lowest BCUT2D eigenvalue weighted by Crippen LogP contribution is -2.19. The molecular weight excluding hydrogens is 212 g/mol. The molecule has 2 nitrogen and oxygen atoms in total. The number of Topliss-reactive ketones (excluding diaryl/α,β-unsaturated/α-hetero) is 1. The van der Waals surface area contributed by atoms with Crippen LogP contribution in [-0.2, 0) is 4.79 Å². The molecule has 1 unspecified atom stereocenters. The Morgan fingerprint density at radius 2 is 1.88 bits per heavy atom. The Kier molecular flexibility index (Phi) is 6.74. The zero-order valence-electron chi connectivity index (χ0n) is 11.4. The van der Waals surface area contributed by atoms with Crippen LogP contribution in [-0.4, -0.2) is 16.5 Å². The molecular formula is C15H24O2. The van der Waals surface area contributed by atoms with Crippen LogP contribution in [0, 0.1) is 0 Å². The molecule has 0 rings (SSSR count). The second-order valence-electron chi connectivity index (χ2n) is 4.90. The summed E-state index contributed by atoms with van der Waals surface area (Å²) in [6.07, 6.45) is 7.08. The second kappa shape index (κ2) is 7.23. The molecule has 1 atom stereocenters. The van der Waals surface area contributed by atoms with Crippen molar-refractivity contribution in [2.24, 2.45) is 0 Å². The smallest absolute Gasteiger partial charge is 0.162 e. The Bertz CT molecular complexity index is 329. The maximum Gasteiger partial charge on any atom is 0.162 e. The third kappa shape index (κ3) is 7.70. The lowest BCUT2D eigenvalue weighted by Gasteiger charge is -2.16. The minimum atomic E-state index is -0.847. The molecule has 0 spiro atoms. The van der Waals surface area contributed by atoms with Crippen molar-refractivity contribution < 1.29 is 9.90 Å². The van der Waals surface area contributed by atoms with Crippen LogP contribution in [0.25, 0.3) is 0 Å². The van der Waals surface area contributed by atoms with Gasteiger partial charge in [-0.1, -0.05) is 23.8 Å². The van der Waals surface area contributed by atoms with Crippen LogP contribution in [0.1, 0.15) is 47.0 Å². The minimum Gasteiger partial charge on any atom is -0.386 e. The summed E-state index contributed by atoms with van der Waals surface area (Å²) in [7, 11) is 0. The predicted octanol–water partition coefficient (Wildman–Crippen LogP) is 3.58. The number of aliphatic hydroxyl groups is 1. The van der Waals surface area contributed by atoms with E-state index in [1.54, 1.807) is 6.92 Å². The van der Waals surface area contributed by atoms with Crippen molar-refractivity contribution in [2.75, 3.05) is 0 Å². The first-order chi connectivity index (χ1) is 7.78. The highest BCUT2D eigenvalue weighted by Crippen LogP contribution is 2.14. The molecule has 0 aliphatic rings. The minimum absolute atomic E-state index is 0.143. The van der Waals surface area contributed by atoms with Gasteiger partial charge in [0.15, 0.2) is 5.78 Å². The van der Waals surface area contributed by atoms with Gasteiger partial charge >= 0.3 is 0 Å². The topological polar surface area (TPSA) is 37.3 Å². The van der Waals surface area contributed by atoms with Gasteiger partial charge in [0.2, 0.25) is 0 Å². The number of hydrogen-bond donors (Lipinski definition) is 1. The van der Waals surface area contributed by atoms with E-state index in [4.69, 9.17) is 0 Å². The van der Waals surface area contributed by atoms with E-state index in [9.17, 15) is 9.90 Å². The van der Waals surface area contributed by atoms with Crippen molar-refractivity contribution in [3.05, 3.63) is 36.0 Å². The quantitative estimate of drug-likeness (QED) is 0.542. The van der Waals surface area contributed by atoms with Gasteiger partial charge in [-0.05, 0) is 46.1 Å². The molecule has 0 saturated carbocycles. The summed E-state index contributed by atoms with van der Waals surface area (Å²) in [5.41, 5.74) is 1.07. The normalized spacial score (nSPS) is 15.0. The van der Waals surface area contributed by atoms with Crippen LogP contribution in [0.3, 0.4) is 0 Å². The standard InChI is InChI=1S/C15H24O2/c1-6-15(5,17)11-7-8-13(4)14(16)10-9-12(2)3/h6,8-9,17H,1,7,10-11H2,2-5H3. The van der Waals surface area contributed by atoms with Crippen molar-refractivity contribution in [1.29, 1.82) is 0 Å². The summed E-state index contributed by atoms with van der Waals surface area (Å²) in [5.74, 6) is 0.143. The van der Waals surface area contributed by atoms with Crippen LogP contribution in [0.15, 0.2) is 36.0 Å². The largest absolute Gasteiger partial charge is 0.386 e. The van der Waals surface area contributed by atoms with Crippen molar-refractivity contribution in [1.82, 2.24) is 0 Å². The molecule has 1 N–H and O–H groups in total. The summed E-state index contributed by atoms with van der Waals surface area (Å²) < 4.78 is 0. The fraction of sp³-hybridized carbons (Fsp3) is 0.533. The van der Waals surface area contributed by atoms with Crippen molar-refractivity contribution in [3.63, 3.8) is 0 Å². The van der Waals surface area contributed by atoms with E-state index >= 15 is 0 Å². The maximum absolute atomic E-state index is 11.7. The van der Waals surface area contributed by atoms with Gasteiger partial charge < -0.3 is 5.11 Å². The van der Waals surface area contributed by atoms with E-state index in [-0.39, 0.29) is 5.78 Å². The maximum atomic E-state index is 11.7. The molecule has 0 fully saturated rings. The highest BCUT2D eigenvalue weighted by Gasteiger charge is 2.13. The lowest BCUT2D eigenvalue weighted by molar-refractivity contribution is -0.114. The van der Waals surface area contributed by atoms with Crippen molar-refractivity contribution >= 4 is 5.78 Å². The van der Waals surface area contributed by atoms with Crippen LogP contribution in [0.4, 0.5) is 0 Å². The molecule has 0 radical (unpaired) electrons. The molecule has 0 heterocycles. The second-order valence-corrected chi connectivity index (χ2v) is 4.90. The Labute approximate surface area is 105 Å². The average Bonchev–Trinajstić information content (AvgIpc) is 2.25. The highest BCUT2D eigenvalue weighted by atomic mass is 16.3. The highest BCUT2D eigenvalue weighted by molar-refractivity contribution is 5.95. The van der Waals surface area contributed by atoms with Gasteiger partial charge in [0.1, 0.15) is 0 Å². The molecule has 2 heteroatoms. The van der Waals surface area contributed by atoms with Crippen molar-refractivity contribution in [3.8, 4) is 0 Å². The predicted molar refractivity (Wildman–Crippen MR) is 72.9 cm³/mol. The number of ketones is 1. The van der Waals surface area contributed by atoms with Crippen LogP contribution in [0.5, 0.6) is 0 Å². The summed E-state index contributed by atoms with van der Waals surface area (Å²) in [4.78, 5) is 11.7. The molecule has 17 heavy (non-hydrogen) atoms. The molecule has 0 aromatic heterocycles. The first kappa shape index (κ1) is 15.9. The van der Waals surface area contributed by atoms with Gasteiger partial charge in [-0.25, -0.2) is 0 Å². The number of rotatable bonds is 7. The van der Waals surface area contributed by atoms with E-state index in [2.05, 4.69) is 6.58 Å². The molecule has 0 bridgehead atoms. The van der Waals surface area contributed by atoms with Gasteiger partial charge in [-0.2, -0.15) is 0 Å². The number of carbonyl (C=O) groups is 1. The third-order valence-corrected chi connectivity index (χ3v) is 2.68. The zero-order valence-corrected chi connectivity index (χ0v) is 11.4.